The van der Waals surface area contributed by atoms with Crippen LogP contribution in [0.4, 0.5) is 0 Å². The van der Waals surface area contributed by atoms with Gasteiger partial charge in [0.1, 0.15) is 0 Å². The van der Waals surface area contributed by atoms with Gasteiger partial charge in [0, 0.05) is 5.75 Å². The standard InChI is InChI=1S/C9H15N3O2S/c1-4-7-8(9(13)14-2)10-11-12(7)5-6-15-3/h4-6H2,1-3H3. The number of nitrogens with zero attached hydrogens (tertiary/aromatic N) is 3. The molecule has 1 rings (SSSR count). The number of rotatable bonds is 5. The zero-order valence-corrected chi connectivity index (χ0v) is 10.0. The topological polar surface area (TPSA) is 57.0 Å². The maximum atomic E-state index is 11.3. The lowest BCUT2D eigenvalue weighted by molar-refractivity contribution is 0.0592. The molecule has 0 aliphatic carbocycles. The first-order valence-corrected chi connectivity index (χ1v) is 6.13. The van der Waals surface area contributed by atoms with Crippen LogP contribution in [0.2, 0.25) is 0 Å². The van der Waals surface area contributed by atoms with E-state index in [0.717, 1.165) is 24.4 Å². The Morgan fingerprint density at radius 3 is 2.87 bits per heavy atom. The van der Waals surface area contributed by atoms with Crippen LogP contribution in [0.25, 0.3) is 0 Å². The molecule has 1 aromatic heterocycles. The first-order valence-electron chi connectivity index (χ1n) is 4.74. The second kappa shape index (κ2) is 5.75. The highest BCUT2D eigenvalue weighted by Crippen LogP contribution is 2.08. The van der Waals surface area contributed by atoms with Crippen molar-refractivity contribution in [1.82, 2.24) is 15.0 Å². The lowest BCUT2D eigenvalue weighted by atomic mass is 10.2. The quantitative estimate of drug-likeness (QED) is 0.705. The third-order valence-corrected chi connectivity index (χ3v) is 2.65. The molecule has 0 saturated heterocycles. The van der Waals surface area contributed by atoms with Crippen LogP contribution >= 0.6 is 11.8 Å². The molecule has 1 heterocycles. The highest BCUT2D eigenvalue weighted by molar-refractivity contribution is 7.98. The van der Waals surface area contributed by atoms with Crippen molar-refractivity contribution in [3.63, 3.8) is 0 Å². The Morgan fingerprint density at radius 1 is 1.60 bits per heavy atom. The summed E-state index contributed by atoms with van der Waals surface area (Å²) >= 11 is 1.73. The minimum Gasteiger partial charge on any atom is -0.464 e. The molecule has 0 spiro atoms. The Kier molecular flexibility index (Phi) is 4.61. The maximum Gasteiger partial charge on any atom is 0.360 e. The van der Waals surface area contributed by atoms with Crippen LogP contribution in [-0.2, 0) is 17.7 Å². The van der Waals surface area contributed by atoms with E-state index in [1.165, 1.54) is 7.11 Å². The molecule has 0 bridgehead atoms. The maximum absolute atomic E-state index is 11.3. The number of aromatic nitrogens is 3. The zero-order chi connectivity index (χ0) is 11.3. The predicted molar refractivity (Wildman–Crippen MR) is 59.1 cm³/mol. The predicted octanol–water partition coefficient (Wildman–Crippen LogP) is 0.990. The number of carbonyl (C=O) groups is 1. The van der Waals surface area contributed by atoms with E-state index < -0.39 is 5.97 Å². The zero-order valence-electron chi connectivity index (χ0n) is 9.19. The summed E-state index contributed by atoms with van der Waals surface area (Å²) < 4.78 is 6.40. The van der Waals surface area contributed by atoms with Crippen LogP contribution in [0, 0.1) is 0 Å². The second-order valence-corrected chi connectivity index (χ2v) is 3.93. The first kappa shape index (κ1) is 12.0. The van der Waals surface area contributed by atoms with Gasteiger partial charge in [-0.15, -0.1) is 5.10 Å². The van der Waals surface area contributed by atoms with E-state index in [-0.39, 0.29) is 0 Å². The molecule has 0 N–H and O–H groups in total. The average molecular weight is 229 g/mol. The van der Waals surface area contributed by atoms with Gasteiger partial charge < -0.3 is 4.74 Å². The highest BCUT2D eigenvalue weighted by Gasteiger charge is 2.18. The van der Waals surface area contributed by atoms with Crippen LogP contribution in [0.3, 0.4) is 0 Å². The van der Waals surface area contributed by atoms with E-state index >= 15 is 0 Å². The van der Waals surface area contributed by atoms with Gasteiger partial charge >= 0.3 is 5.97 Å². The summed E-state index contributed by atoms with van der Waals surface area (Å²) in [5.74, 6) is 0.541. The van der Waals surface area contributed by atoms with E-state index in [9.17, 15) is 4.79 Å². The molecular weight excluding hydrogens is 214 g/mol. The second-order valence-electron chi connectivity index (χ2n) is 2.95. The van der Waals surface area contributed by atoms with Crippen molar-refractivity contribution in [1.29, 1.82) is 0 Å². The number of hydrogen-bond donors (Lipinski definition) is 0. The lowest BCUT2D eigenvalue weighted by Gasteiger charge is -2.03. The van der Waals surface area contributed by atoms with Crippen molar-refractivity contribution in [3.8, 4) is 0 Å². The van der Waals surface area contributed by atoms with Crippen molar-refractivity contribution < 1.29 is 9.53 Å². The molecule has 6 heteroatoms. The minimum atomic E-state index is -0.415. The SMILES string of the molecule is CCc1c(C(=O)OC)nnn1CCSC. The largest absolute Gasteiger partial charge is 0.464 e. The third-order valence-electron chi connectivity index (χ3n) is 2.06. The smallest absolute Gasteiger partial charge is 0.360 e. The molecule has 0 radical (unpaired) electrons. The molecule has 0 aliphatic heterocycles. The van der Waals surface area contributed by atoms with Crippen molar-refractivity contribution >= 4 is 17.7 Å². The summed E-state index contributed by atoms with van der Waals surface area (Å²) in [5, 5.41) is 7.79. The summed E-state index contributed by atoms with van der Waals surface area (Å²) in [6.07, 6.45) is 2.76. The highest BCUT2D eigenvalue weighted by atomic mass is 32.2. The molecule has 84 valence electrons. The van der Waals surface area contributed by atoms with Crippen molar-refractivity contribution in [2.75, 3.05) is 19.1 Å². The molecule has 0 amide bonds. The van der Waals surface area contributed by atoms with Gasteiger partial charge in [-0.3, -0.25) is 0 Å². The molecule has 0 unspecified atom stereocenters. The van der Waals surface area contributed by atoms with Crippen molar-refractivity contribution in [3.05, 3.63) is 11.4 Å². The fourth-order valence-corrected chi connectivity index (χ4v) is 1.65. The molecule has 15 heavy (non-hydrogen) atoms. The summed E-state index contributed by atoms with van der Waals surface area (Å²) in [7, 11) is 1.35. The Morgan fingerprint density at radius 2 is 2.33 bits per heavy atom. The molecule has 1 aromatic rings. The fourth-order valence-electron chi connectivity index (χ4n) is 1.30. The van der Waals surface area contributed by atoms with Crippen LogP contribution in [-0.4, -0.2) is 40.1 Å². The number of ether oxygens (including phenoxy) is 1. The molecular formula is C9H15N3O2S. The van der Waals surface area contributed by atoms with Gasteiger partial charge in [-0.25, -0.2) is 9.48 Å². The van der Waals surface area contributed by atoms with Crippen LogP contribution in [0.5, 0.6) is 0 Å². The van der Waals surface area contributed by atoms with E-state index in [2.05, 4.69) is 15.0 Å². The molecule has 0 atom stereocenters. The molecule has 0 aliphatic rings. The van der Waals surface area contributed by atoms with Crippen LogP contribution in [0.1, 0.15) is 23.1 Å². The van der Waals surface area contributed by atoms with Gasteiger partial charge in [0.2, 0.25) is 0 Å². The fraction of sp³-hybridized carbons (Fsp3) is 0.667. The monoisotopic (exact) mass is 229 g/mol. The Hall–Kier alpha value is -1.04. The minimum absolute atomic E-state index is 0.334. The summed E-state index contributed by atoms with van der Waals surface area (Å²) in [4.78, 5) is 11.3. The lowest BCUT2D eigenvalue weighted by Crippen LogP contribution is -2.10. The van der Waals surface area contributed by atoms with Crippen LogP contribution in [0.15, 0.2) is 0 Å². The van der Waals surface area contributed by atoms with Gasteiger partial charge in [0.05, 0.1) is 19.3 Å². The van der Waals surface area contributed by atoms with Gasteiger partial charge in [-0.05, 0) is 12.7 Å². The third kappa shape index (κ3) is 2.71. The number of thioether (sulfide) groups is 1. The van der Waals surface area contributed by atoms with Gasteiger partial charge in [0.25, 0.3) is 0 Å². The molecule has 5 nitrogen and oxygen atoms in total. The average Bonchev–Trinajstić information content (AvgIpc) is 2.67. The van der Waals surface area contributed by atoms with E-state index in [4.69, 9.17) is 0 Å². The van der Waals surface area contributed by atoms with Crippen molar-refractivity contribution in [2.24, 2.45) is 0 Å². The van der Waals surface area contributed by atoms with Gasteiger partial charge in [0.15, 0.2) is 5.69 Å². The molecule has 0 aromatic carbocycles. The Bertz CT molecular complexity index is 338. The number of aryl methyl sites for hydroxylation is 1. The van der Waals surface area contributed by atoms with Gasteiger partial charge in [-0.1, -0.05) is 12.1 Å². The van der Waals surface area contributed by atoms with Crippen molar-refractivity contribution in [2.45, 2.75) is 19.9 Å². The number of hydrogen-bond acceptors (Lipinski definition) is 5. The summed E-state index contributed by atoms with van der Waals surface area (Å²) in [5.41, 5.74) is 1.18. The summed E-state index contributed by atoms with van der Waals surface area (Å²) in [6, 6.07) is 0. The summed E-state index contributed by atoms with van der Waals surface area (Å²) in [6.45, 7) is 2.75. The number of carbonyl (C=O) groups excluding carboxylic acids is 1. The normalized spacial score (nSPS) is 10.3. The molecule has 0 saturated carbocycles. The van der Waals surface area contributed by atoms with Crippen LogP contribution < -0.4 is 0 Å². The first-order chi connectivity index (χ1) is 7.24. The van der Waals surface area contributed by atoms with E-state index in [0.29, 0.717) is 5.69 Å². The number of methoxy groups -OCH3 is 1. The van der Waals surface area contributed by atoms with E-state index in [1.807, 2.05) is 13.2 Å². The molecule has 0 fully saturated rings. The Balaban J connectivity index is 2.90. The van der Waals surface area contributed by atoms with Gasteiger partial charge in [-0.2, -0.15) is 11.8 Å². The Labute approximate surface area is 93.2 Å². The number of esters is 1. The van der Waals surface area contributed by atoms with E-state index in [1.54, 1.807) is 16.4 Å².